The largest absolute Gasteiger partial charge is 0.496 e. The van der Waals surface area contributed by atoms with Crippen molar-refractivity contribution in [3.63, 3.8) is 0 Å². The zero-order valence-electron chi connectivity index (χ0n) is 29.0. The van der Waals surface area contributed by atoms with Crippen LogP contribution in [0.2, 0.25) is 0 Å². The third kappa shape index (κ3) is 8.66. The van der Waals surface area contributed by atoms with E-state index in [0.29, 0.717) is 0 Å². The summed E-state index contributed by atoms with van der Waals surface area (Å²) < 4.78 is 17.5. The maximum absolute atomic E-state index is 12.4. The zero-order chi connectivity index (χ0) is 32.8. The van der Waals surface area contributed by atoms with E-state index in [4.69, 9.17) is 14.0 Å². The predicted molar refractivity (Wildman–Crippen MR) is 182 cm³/mol. The predicted octanol–water partition coefficient (Wildman–Crippen LogP) is 7.61. The number of nitrogens with one attached hydrogen (secondary N) is 2. The summed E-state index contributed by atoms with van der Waals surface area (Å²) in [7, 11) is 1.24. The molecule has 7 nitrogen and oxygen atoms in total. The molecule has 1 saturated heterocycles. The lowest BCUT2D eigenvalue weighted by atomic mass is 9.75. The van der Waals surface area contributed by atoms with Crippen LogP contribution >= 0.6 is 0 Å². The molecule has 44 heavy (non-hydrogen) atoms. The van der Waals surface area contributed by atoms with Gasteiger partial charge in [0.2, 0.25) is 11.8 Å². The molecule has 1 unspecified atom stereocenters. The molecule has 2 aromatic carbocycles. The van der Waals surface area contributed by atoms with Crippen LogP contribution in [0.3, 0.4) is 0 Å². The molecule has 1 aliphatic heterocycles. The molecule has 0 aromatic heterocycles. The standard InChI is InChI=1S/C19H29NO2.C17H26BNO3/c1-5-13(2)15-7-9-16(10-8-15)19(21)20-17-11-6-14(3)18(12-17)22-4;1-8-14-11(2)9-13(10-15(14)19-12(3)20)18-21-16(4,5)17(6,7)22-18/h6,11-13,15-16H,5,7-10H2,1-4H3,(H,20,21);9-10H,8H2,1-7H3,(H,19,20). The Labute approximate surface area is 266 Å². The SMILES string of the molecule is CCC(C)C1CCC(C(=O)Nc2ccc(C)c(OC)c2)CC1.CCc1c(C)cc(B2OC(C)(C)C(C)(C)O2)cc1NC(C)=O. The Morgan fingerprint density at radius 2 is 1.57 bits per heavy atom. The summed E-state index contributed by atoms with van der Waals surface area (Å²) in [6.07, 6.45) is 6.51. The van der Waals surface area contributed by atoms with Crippen molar-refractivity contribution in [2.45, 2.75) is 119 Å². The van der Waals surface area contributed by atoms with Crippen molar-refractivity contribution in [1.29, 1.82) is 0 Å². The van der Waals surface area contributed by atoms with Gasteiger partial charge in [0.1, 0.15) is 5.75 Å². The molecule has 2 aliphatic rings. The first-order valence-corrected chi connectivity index (χ1v) is 16.3. The van der Waals surface area contributed by atoms with Crippen LogP contribution in [0.5, 0.6) is 5.75 Å². The van der Waals surface area contributed by atoms with E-state index in [1.165, 1.54) is 26.2 Å². The van der Waals surface area contributed by atoms with Crippen LogP contribution in [0.4, 0.5) is 11.4 Å². The van der Waals surface area contributed by atoms with Crippen molar-refractivity contribution >= 4 is 35.8 Å². The van der Waals surface area contributed by atoms with Gasteiger partial charge in [0.15, 0.2) is 0 Å². The molecule has 2 fully saturated rings. The van der Waals surface area contributed by atoms with Crippen LogP contribution < -0.4 is 20.8 Å². The number of carbonyl (C=O) groups is 2. The van der Waals surface area contributed by atoms with Crippen molar-refractivity contribution in [1.82, 2.24) is 0 Å². The lowest BCUT2D eigenvalue weighted by Gasteiger charge is -2.32. The van der Waals surface area contributed by atoms with E-state index in [-0.39, 0.29) is 28.9 Å². The number of hydrogen-bond donors (Lipinski definition) is 2. The minimum Gasteiger partial charge on any atom is -0.496 e. The maximum Gasteiger partial charge on any atom is 0.494 e. The van der Waals surface area contributed by atoms with E-state index >= 15 is 0 Å². The fourth-order valence-electron chi connectivity index (χ4n) is 6.16. The van der Waals surface area contributed by atoms with Gasteiger partial charge >= 0.3 is 7.12 Å². The molecule has 0 bridgehead atoms. The highest BCUT2D eigenvalue weighted by atomic mass is 16.7. The van der Waals surface area contributed by atoms with E-state index < -0.39 is 7.12 Å². The van der Waals surface area contributed by atoms with Gasteiger partial charge in [-0.05, 0) is 120 Å². The molecule has 8 heteroatoms. The highest BCUT2D eigenvalue weighted by molar-refractivity contribution is 6.62. The fraction of sp³-hybridized carbons (Fsp3) is 0.611. The molecule has 242 valence electrons. The van der Waals surface area contributed by atoms with E-state index in [2.05, 4.69) is 44.4 Å². The van der Waals surface area contributed by atoms with Gasteiger partial charge in [0.05, 0.1) is 18.3 Å². The Bertz CT molecular complexity index is 1280. The molecule has 1 heterocycles. The number of benzene rings is 2. The number of ether oxygens (including phenoxy) is 1. The molecule has 0 spiro atoms. The van der Waals surface area contributed by atoms with Crippen molar-refractivity contribution in [2.24, 2.45) is 17.8 Å². The summed E-state index contributed by atoms with van der Waals surface area (Å²) in [6.45, 7) is 20.4. The number of carbonyl (C=O) groups excluding carboxylic acids is 2. The molecule has 2 amide bonds. The molecule has 1 atom stereocenters. The Kier molecular flexibility index (Phi) is 12.1. The first-order valence-electron chi connectivity index (χ1n) is 16.3. The smallest absolute Gasteiger partial charge is 0.494 e. The highest BCUT2D eigenvalue weighted by Gasteiger charge is 2.51. The van der Waals surface area contributed by atoms with Crippen LogP contribution in [-0.2, 0) is 25.3 Å². The molecule has 2 N–H and O–H groups in total. The molecule has 1 saturated carbocycles. The van der Waals surface area contributed by atoms with Crippen LogP contribution in [0, 0.1) is 31.6 Å². The van der Waals surface area contributed by atoms with Crippen molar-refractivity contribution in [3.8, 4) is 5.75 Å². The molecule has 0 radical (unpaired) electrons. The van der Waals surface area contributed by atoms with E-state index in [0.717, 1.165) is 70.4 Å². The monoisotopic (exact) mass is 606 g/mol. The molecular formula is C36H55BN2O5. The van der Waals surface area contributed by atoms with Crippen molar-refractivity contribution in [2.75, 3.05) is 17.7 Å². The number of aryl methyl sites for hydroxylation is 2. The van der Waals surface area contributed by atoms with Gasteiger partial charge in [-0.3, -0.25) is 9.59 Å². The zero-order valence-corrected chi connectivity index (χ0v) is 29.0. The summed E-state index contributed by atoms with van der Waals surface area (Å²) in [5, 5.41) is 5.97. The minimum atomic E-state index is -0.415. The quantitative estimate of drug-likeness (QED) is 0.302. The summed E-state index contributed by atoms with van der Waals surface area (Å²) in [4.78, 5) is 23.9. The molecule has 1 aliphatic carbocycles. The highest BCUT2D eigenvalue weighted by Crippen LogP contribution is 2.37. The number of amides is 2. The Balaban J connectivity index is 0.000000240. The number of anilines is 2. The summed E-state index contributed by atoms with van der Waals surface area (Å²) in [6, 6.07) is 9.88. The lowest BCUT2D eigenvalue weighted by molar-refractivity contribution is -0.121. The Morgan fingerprint density at radius 3 is 2.09 bits per heavy atom. The number of hydrogen-bond acceptors (Lipinski definition) is 5. The van der Waals surface area contributed by atoms with Gasteiger partial charge in [-0.25, -0.2) is 0 Å². The van der Waals surface area contributed by atoms with Crippen LogP contribution in [-0.4, -0.2) is 37.2 Å². The summed E-state index contributed by atoms with van der Waals surface area (Å²) in [5.41, 5.74) is 5.24. The van der Waals surface area contributed by atoms with Crippen molar-refractivity contribution in [3.05, 3.63) is 47.0 Å². The summed E-state index contributed by atoms with van der Waals surface area (Å²) in [5.74, 6) is 2.65. The van der Waals surface area contributed by atoms with Crippen molar-refractivity contribution < 1.29 is 23.6 Å². The van der Waals surface area contributed by atoms with Gasteiger partial charge in [0, 0.05) is 30.3 Å². The first kappa shape index (κ1) is 35.6. The Hall–Kier alpha value is -2.84. The minimum absolute atomic E-state index is 0.0693. The van der Waals surface area contributed by atoms with Gasteiger partial charge in [0.25, 0.3) is 0 Å². The fourth-order valence-corrected chi connectivity index (χ4v) is 6.16. The molecule has 4 rings (SSSR count). The van der Waals surface area contributed by atoms with Gasteiger partial charge in [-0.15, -0.1) is 0 Å². The third-order valence-electron chi connectivity index (χ3n) is 9.95. The third-order valence-corrected chi connectivity index (χ3v) is 9.95. The molecular weight excluding hydrogens is 551 g/mol. The van der Waals surface area contributed by atoms with Crippen LogP contribution in [0.15, 0.2) is 30.3 Å². The number of rotatable bonds is 8. The second-order valence-corrected chi connectivity index (χ2v) is 13.7. The molecule has 2 aromatic rings. The summed E-state index contributed by atoms with van der Waals surface area (Å²) >= 11 is 0. The average Bonchev–Trinajstić information content (AvgIpc) is 3.19. The Morgan fingerprint density at radius 1 is 0.955 bits per heavy atom. The van der Waals surface area contributed by atoms with Gasteiger partial charge in [-0.2, -0.15) is 0 Å². The average molecular weight is 607 g/mol. The van der Waals surface area contributed by atoms with E-state index in [1.807, 2.05) is 58.9 Å². The van der Waals surface area contributed by atoms with Crippen LogP contribution in [0.25, 0.3) is 0 Å². The topological polar surface area (TPSA) is 85.9 Å². The van der Waals surface area contributed by atoms with Gasteiger partial charge in [-0.1, -0.05) is 39.3 Å². The first-order chi connectivity index (χ1) is 20.6. The van der Waals surface area contributed by atoms with E-state index in [9.17, 15) is 9.59 Å². The second-order valence-electron chi connectivity index (χ2n) is 13.7. The normalized spacial score (nSPS) is 21.1. The maximum atomic E-state index is 12.4. The number of methoxy groups -OCH3 is 1. The van der Waals surface area contributed by atoms with Gasteiger partial charge < -0.3 is 24.7 Å². The van der Waals surface area contributed by atoms with E-state index in [1.54, 1.807) is 7.11 Å². The van der Waals surface area contributed by atoms with Crippen LogP contribution in [0.1, 0.15) is 104 Å². The lowest BCUT2D eigenvalue weighted by Crippen LogP contribution is -2.41. The second kappa shape index (κ2) is 15.0.